The van der Waals surface area contributed by atoms with Crippen molar-refractivity contribution in [3.8, 4) is 5.75 Å². The smallest absolute Gasteiger partial charge is 0.356 e. The Morgan fingerprint density at radius 1 is 1.08 bits per heavy atom. The number of benzene rings is 2. The normalized spacial score (nSPS) is 10.7. The van der Waals surface area contributed by atoms with Gasteiger partial charge in [-0.15, -0.1) is 0 Å². The predicted molar refractivity (Wildman–Crippen MR) is 98.0 cm³/mol. The van der Waals surface area contributed by atoms with Crippen LogP contribution in [0.4, 0.5) is 10.3 Å². The van der Waals surface area contributed by atoms with Crippen LogP contribution in [0.5, 0.6) is 5.75 Å². The summed E-state index contributed by atoms with van der Waals surface area (Å²) in [5, 5.41) is 0. The van der Waals surface area contributed by atoms with Gasteiger partial charge in [0.2, 0.25) is 0 Å². The number of nitrogen functional groups attached to an aromatic ring is 1. The second-order valence-electron chi connectivity index (χ2n) is 6.16. The van der Waals surface area contributed by atoms with E-state index in [9.17, 15) is 4.39 Å². The number of aromatic nitrogens is 2. The first kappa shape index (κ1) is 20.0. The number of hydrogen-bond acceptors (Lipinski definition) is 2. The van der Waals surface area contributed by atoms with E-state index in [4.69, 9.17) is 10.5 Å². The number of imidazole rings is 1. The molecular formula is C20H25ClFN3O. The summed E-state index contributed by atoms with van der Waals surface area (Å²) in [5.41, 5.74) is 8.74. The highest BCUT2D eigenvalue weighted by Gasteiger charge is 2.19. The number of fused-ring (bicyclic) bond motifs is 1. The van der Waals surface area contributed by atoms with Gasteiger partial charge in [0, 0.05) is 6.42 Å². The molecule has 0 bridgehead atoms. The van der Waals surface area contributed by atoms with Crippen LogP contribution in [0.2, 0.25) is 0 Å². The average molecular weight is 378 g/mol. The molecular weight excluding hydrogens is 353 g/mol. The van der Waals surface area contributed by atoms with E-state index in [1.165, 1.54) is 17.6 Å². The van der Waals surface area contributed by atoms with Gasteiger partial charge in [0.25, 0.3) is 0 Å². The van der Waals surface area contributed by atoms with Crippen LogP contribution in [0.1, 0.15) is 26.2 Å². The molecule has 3 aromatic rings. The lowest BCUT2D eigenvalue weighted by molar-refractivity contribution is -0.657. The number of ether oxygens (including phenoxy) is 1. The SMILES string of the molecule is CCCCn1c(N)[n+](CCCOc2ccc(F)cc2)c2ccccc21.[Cl-]. The van der Waals surface area contributed by atoms with Gasteiger partial charge >= 0.3 is 5.95 Å². The molecule has 2 aromatic carbocycles. The monoisotopic (exact) mass is 377 g/mol. The van der Waals surface area contributed by atoms with Crippen LogP contribution in [-0.2, 0) is 13.1 Å². The third kappa shape index (κ3) is 4.47. The average Bonchev–Trinajstić information content (AvgIpc) is 2.90. The van der Waals surface area contributed by atoms with Gasteiger partial charge < -0.3 is 17.1 Å². The molecule has 26 heavy (non-hydrogen) atoms. The molecule has 140 valence electrons. The molecule has 0 spiro atoms. The first-order valence-corrected chi connectivity index (χ1v) is 8.85. The standard InChI is InChI=1S/C20H24FN3O.ClH/c1-2-3-13-23-18-7-4-5-8-19(18)24(20(23)22)14-6-15-25-17-11-9-16(21)10-12-17;/h4-5,7-12,22H,2-3,6,13-15H2,1H3;1H. The number of para-hydroxylation sites is 2. The maximum Gasteiger partial charge on any atom is 0.356 e. The third-order valence-electron chi connectivity index (χ3n) is 4.36. The Balaban J connectivity index is 0.00000243. The molecule has 1 aromatic heterocycles. The molecule has 0 unspecified atom stereocenters. The molecule has 0 atom stereocenters. The summed E-state index contributed by atoms with van der Waals surface area (Å²) in [6.45, 7) is 4.46. The molecule has 0 saturated heterocycles. The Kier molecular flexibility index (Phi) is 7.27. The molecule has 1 heterocycles. The van der Waals surface area contributed by atoms with E-state index < -0.39 is 0 Å². The van der Waals surface area contributed by atoms with Crippen molar-refractivity contribution in [1.82, 2.24) is 4.57 Å². The maximum absolute atomic E-state index is 12.9. The highest BCUT2D eigenvalue weighted by atomic mass is 35.5. The summed E-state index contributed by atoms with van der Waals surface area (Å²) in [4.78, 5) is 0. The fraction of sp³-hybridized carbons (Fsp3) is 0.350. The summed E-state index contributed by atoms with van der Waals surface area (Å²) in [5.74, 6) is 1.22. The fourth-order valence-corrected chi connectivity index (χ4v) is 3.04. The van der Waals surface area contributed by atoms with Gasteiger partial charge in [0.1, 0.15) is 22.6 Å². The van der Waals surface area contributed by atoms with Crippen LogP contribution in [0.15, 0.2) is 48.5 Å². The zero-order chi connectivity index (χ0) is 17.6. The van der Waals surface area contributed by atoms with Gasteiger partial charge in [0.05, 0.1) is 19.7 Å². The van der Waals surface area contributed by atoms with Crippen LogP contribution in [0.25, 0.3) is 11.0 Å². The molecule has 0 amide bonds. The van der Waals surface area contributed by atoms with Crippen molar-refractivity contribution < 1.29 is 26.1 Å². The van der Waals surface area contributed by atoms with Gasteiger partial charge in [-0.05, 0) is 42.8 Å². The van der Waals surface area contributed by atoms with Gasteiger partial charge in [-0.1, -0.05) is 25.5 Å². The molecule has 2 N–H and O–H groups in total. The Morgan fingerprint density at radius 3 is 2.54 bits per heavy atom. The topological polar surface area (TPSA) is 44.1 Å². The minimum Gasteiger partial charge on any atom is -1.00 e. The van der Waals surface area contributed by atoms with E-state index in [-0.39, 0.29) is 18.2 Å². The first-order chi connectivity index (χ1) is 12.2. The van der Waals surface area contributed by atoms with Crippen LogP contribution in [0, 0.1) is 5.82 Å². The molecule has 0 aliphatic carbocycles. The van der Waals surface area contributed by atoms with E-state index >= 15 is 0 Å². The number of nitrogens with zero attached hydrogens (tertiary/aromatic N) is 2. The predicted octanol–water partition coefficient (Wildman–Crippen LogP) is 0.923. The zero-order valence-corrected chi connectivity index (χ0v) is 15.8. The maximum atomic E-state index is 12.9. The fourth-order valence-electron chi connectivity index (χ4n) is 3.04. The number of aryl methyl sites for hydroxylation is 2. The lowest BCUT2D eigenvalue weighted by Crippen LogP contribution is -3.00. The van der Waals surface area contributed by atoms with Gasteiger partial charge in [0.15, 0.2) is 0 Å². The molecule has 6 heteroatoms. The van der Waals surface area contributed by atoms with Crippen LogP contribution in [-0.4, -0.2) is 11.2 Å². The molecule has 0 fully saturated rings. The van der Waals surface area contributed by atoms with Crippen molar-refractivity contribution >= 4 is 17.0 Å². The Labute approximate surface area is 159 Å². The van der Waals surface area contributed by atoms with Gasteiger partial charge in [-0.25, -0.2) is 13.5 Å². The summed E-state index contributed by atoms with van der Waals surface area (Å²) < 4.78 is 22.9. The Morgan fingerprint density at radius 2 is 1.81 bits per heavy atom. The van der Waals surface area contributed by atoms with E-state index in [2.05, 4.69) is 28.2 Å². The first-order valence-electron chi connectivity index (χ1n) is 8.85. The van der Waals surface area contributed by atoms with Crippen LogP contribution >= 0.6 is 0 Å². The summed E-state index contributed by atoms with van der Waals surface area (Å²) in [6, 6.07) is 14.4. The number of anilines is 1. The molecule has 0 radical (unpaired) electrons. The second kappa shape index (κ2) is 9.43. The second-order valence-corrected chi connectivity index (χ2v) is 6.16. The minimum atomic E-state index is -0.254. The summed E-state index contributed by atoms with van der Waals surface area (Å²) in [6.07, 6.45) is 3.07. The quantitative estimate of drug-likeness (QED) is 0.468. The highest BCUT2D eigenvalue weighted by molar-refractivity contribution is 5.73. The molecule has 0 saturated carbocycles. The van der Waals surface area contributed by atoms with E-state index in [0.29, 0.717) is 12.4 Å². The number of nitrogens with two attached hydrogens (primary N) is 1. The van der Waals surface area contributed by atoms with Crippen molar-refractivity contribution in [3.05, 3.63) is 54.3 Å². The van der Waals surface area contributed by atoms with E-state index in [1.807, 2.05) is 12.1 Å². The number of halogens is 2. The highest BCUT2D eigenvalue weighted by Crippen LogP contribution is 2.17. The van der Waals surface area contributed by atoms with Gasteiger partial charge in [-0.3, -0.25) is 5.73 Å². The van der Waals surface area contributed by atoms with Crippen molar-refractivity contribution in [1.29, 1.82) is 0 Å². The molecule has 0 aliphatic heterocycles. The Bertz CT molecular complexity index is 833. The third-order valence-corrected chi connectivity index (χ3v) is 4.36. The minimum absolute atomic E-state index is 0. The Hall–Kier alpha value is -2.27. The number of rotatable bonds is 8. The molecule has 3 rings (SSSR count). The largest absolute Gasteiger partial charge is 1.00 e. The zero-order valence-electron chi connectivity index (χ0n) is 15.0. The van der Waals surface area contributed by atoms with Crippen molar-refractivity contribution in [2.24, 2.45) is 0 Å². The lowest BCUT2D eigenvalue weighted by Gasteiger charge is -2.06. The summed E-state index contributed by atoms with van der Waals surface area (Å²) >= 11 is 0. The molecule has 0 aliphatic rings. The number of hydrogen-bond donors (Lipinski definition) is 1. The van der Waals surface area contributed by atoms with E-state index in [1.54, 1.807) is 12.1 Å². The van der Waals surface area contributed by atoms with Crippen molar-refractivity contribution in [2.45, 2.75) is 39.3 Å². The van der Waals surface area contributed by atoms with E-state index in [0.717, 1.165) is 43.8 Å². The van der Waals surface area contributed by atoms with Crippen molar-refractivity contribution in [2.75, 3.05) is 12.3 Å². The van der Waals surface area contributed by atoms with Gasteiger partial charge in [-0.2, -0.15) is 0 Å². The number of unbranched alkanes of at least 4 members (excludes halogenated alkanes) is 1. The lowest BCUT2D eigenvalue weighted by atomic mass is 10.3. The van der Waals surface area contributed by atoms with Crippen LogP contribution in [0.3, 0.4) is 0 Å². The molecule has 4 nitrogen and oxygen atoms in total. The van der Waals surface area contributed by atoms with Crippen LogP contribution < -0.4 is 27.4 Å². The van der Waals surface area contributed by atoms with Crippen molar-refractivity contribution in [3.63, 3.8) is 0 Å². The summed E-state index contributed by atoms with van der Waals surface area (Å²) in [7, 11) is 0.